The van der Waals surface area contributed by atoms with Crippen molar-refractivity contribution in [3.63, 3.8) is 0 Å². The van der Waals surface area contributed by atoms with Gasteiger partial charge in [-0.2, -0.15) is 0 Å². The topological polar surface area (TPSA) is 72.8 Å². The summed E-state index contributed by atoms with van der Waals surface area (Å²) in [6, 6.07) is 16.1. The zero-order valence-electron chi connectivity index (χ0n) is 9.80. The van der Waals surface area contributed by atoms with Crippen LogP contribution in [-0.4, -0.2) is 10.8 Å². The van der Waals surface area contributed by atoms with E-state index in [9.17, 15) is 9.36 Å². The van der Waals surface area contributed by atoms with Crippen LogP contribution in [0, 0.1) is 0 Å². The van der Waals surface area contributed by atoms with Gasteiger partial charge in [-0.05, 0) is 24.3 Å². The SMILES string of the molecule is O=C(O)P(=O)(Oc1ccccc1)Oc1ccccc1. The summed E-state index contributed by atoms with van der Waals surface area (Å²) in [5.41, 5.74) is -1.64. The lowest BCUT2D eigenvalue weighted by molar-refractivity contribution is 0.210. The first-order chi connectivity index (χ1) is 9.10. The van der Waals surface area contributed by atoms with E-state index in [0.29, 0.717) is 0 Å². The molecule has 2 rings (SSSR count). The molecular formula is C13H11O5P. The molecule has 6 heteroatoms. The highest BCUT2D eigenvalue weighted by molar-refractivity contribution is 7.71. The van der Waals surface area contributed by atoms with Crippen LogP contribution in [0.5, 0.6) is 11.5 Å². The van der Waals surface area contributed by atoms with Gasteiger partial charge >= 0.3 is 13.3 Å². The molecule has 2 aromatic rings. The molecule has 2 aromatic carbocycles. The Kier molecular flexibility index (Phi) is 3.88. The minimum atomic E-state index is -4.32. The number of para-hydroxylation sites is 2. The number of carboxylic acid groups (broad SMARTS) is 1. The van der Waals surface area contributed by atoms with Crippen LogP contribution in [0.25, 0.3) is 0 Å². The van der Waals surface area contributed by atoms with Gasteiger partial charge in [0.2, 0.25) is 0 Å². The lowest BCUT2D eigenvalue weighted by atomic mass is 10.3. The fraction of sp³-hybridized carbons (Fsp3) is 0. The van der Waals surface area contributed by atoms with Crippen molar-refractivity contribution in [3.8, 4) is 11.5 Å². The maximum Gasteiger partial charge on any atom is 0.540 e. The second-order valence-corrected chi connectivity index (χ2v) is 5.33. The molecule has 98 valence electrons. The van der Waals surface area contributed by atoms with Crippen molar-refractivity contribution in [1.82, 2.24) is 0 Å². The molecule has 0 unspecified atom stereocenters. The number of rotatable bonds is 5. The van der Waals surface area contributed by atoms with Crippen molar-refractivity contribution in [1.29, 1.82) is 0 Å². The number of hydrogen-bond acceptors (Lipinski definition) is 4. The Morgan fingerprint density at radius 1 is 0.842 bits per heavy atom. The van der Waals surface area contributed by atoms with Gasteiger partial charge in [0, 0.05) is 0 Å². The van der Waals surface area contributed by atoms with E-state index in [1.54, 1.807) is 36.4 Å². The maximum atomic E-state index is 12.2. The Balaban J connectivity index is 2.24. The zero-order chi connectivity index (χ0) is 13.7. The van der Waals surface area contributed by atoms with Crippen LogP contribution in [0.3, 0.4) is 0 Å². The number of benzene rings is 2. The molecule has 0 atom stereocenters. The van der Waals surface area contributed by atoms with Crippen molar-refractivity contribution in [2.24, 2.45) is 0 Å². The third-order valence-corrected chi connectivity index (χ3v) is 3.54. The fourth-order valence-corrected chi connectivity index (χ4v) is 2.33. The first-order valence-electron chi connectivity index (χ1n) is 5.43. The van der Waals surface area contributed by atoms with Gasteiger partial charge in [-0.3, -0.25) is 0 Å². The van der Waals surface area contributed by atoms with Gasteiger partial charge in [-0.1, -0.05) is 36.4 Å². The van der Waals surface area contributed by atoms with E-state index in [4.69, 9.17) is 14.2 Å². The van der Waals surface area contributed by atoms with Crippen molar-refractivity contribution < 1.29 is 23.5 Å². The molecule has 0 saturated heterocycles. The summed E-state index contributed by atoms with van der Waals surface area (Å²) in [5.74, 6) is 0.341. The molecule has 19 heavy (non-hydrogen) atoms. The summed E-state index contributed by atoms with van der Waals surface area (Å²) in [4.78, 5) is 11.1. The normalized spacial score (nSPS) is 10.7. The van der Waals surface area contributed by atoms with Crippen LogP contribution in [-0.2, 0) is 4.57 Å². The van der Waals surface area contributed by atoms with Gasteiger partial charge in [0.05, 0.1) is 0 Å². The lowest BCUT2D eigenvalue weighted by Gasteiger charge is -2.15. The molecule has 0 aromatic heterocycles. The lowest BCUT2D eigenvalue weighted by Crippen LogP contribution is -2.09. The van der Waals surface area contributed by atoms with E-state index in [-0.39, 0.29) is 11.5 Å². The number of hydrogen-bond donors (Lipinski definition) is 1. The summed E-state index contributed by atoms with van der Waals surface area (Å²) in [5, 5.41) is 9.04. The van der Waals surface area contributed by atoms with Gasteiger partial charge in [0.25, 0.3) is 0 Å². The van der Waals surface area contributed by atoms with Crippen molar-refractivity contribution in [3.05, 3.63) is 60.7 Å². The molecule has 0 amide bonds. The molecule has 5 nitrogen and oxygen atoms in total. The highest BCUT2D eigenvalue weighted by Gasteiger charge is 2.38. The third-order valence-electron chi connectivity index (χ3n) is 2.17. The van der Waals surface area contributed by atoms with Crippen LogP contribution < -0.4 is 9.05 Å². The Labute approximate surface area is 109 Å². The third kappa shape index (κ3) is 3.36. The van der Waals surface area contributed by atoms with E-state index in [1.807, 2.05) is 0 Å². The van der Waals surface area contributed by atoms with E-state index < -0.39 is 13.3 Å². The predicted molar refractivity (Wildman–Crippen MR) is 69.8 cm³/mol. The van der Waals surface area contributed by atoms with Crippen molar-refractivity contribution in [2.75, 3.05) is 0 Å². The molecule has 0 heterocycles. The monoisotopic (exact) mass is 278 g/mol. The first-order valence-corrected chi connectivity index (χ1v) is 6.97. The summed E-state index contributed by atoms with van der Waals surface area (Å²) in [6.07, 6.45) is 0. The maximum absolute atomic E-state index is 12.2. The van der Waals surface area contributed by atoms with Gasteiger partial charge in [0.15, 0.2) is 0 Å². The van der Waals surface area contributed by atoms with E-state index in [1.165, 1.54) is 24.3 Å². The number of carbonyl (C=O) groups is 1. The minimum absolute atomic E-state index is 0.171. The molecule has 0 radical (unpaired) electrons. The Morgan fingerprint density at radius 3 is 1.53 bits per heavy atom. The molecule has 1 N–H and O–H groups in total. The summed E-state index contributed by atoms with van der Waals surface area (Å²) < 4.78 is 22.2. The van der Waals surface area contributed by atoms with Crippen LogP contribution in [0.4, 0.5) is 4.79 Å². The van der Waals surface area contributed by atoms with Gasteiger partial charge in [-0.15, -0.1) is 0 Å². The summed E-state index contributed by atoms with van der Waals surface area (Å²) in [7, 11) is -4.32. The van der Waals surface area contributed by atoms with Gasteiger partial charge in [-0.25, -0.2) is 9.36 Å². The summed E-state index contributed by atoms with van der Waals surface area (Å²) >= 11 is 0. The van der Waals surface area contributed by atoms with E-state index in [2.05, 4.69) is 0 Å². The Morgan fingerprint density at radius 2 is 1.21 bits per heavy atom. The quantitative estimate of drug-likeness (QED) is 0.836. The zero-order valence-corrected chi connectivity index (χ0v) is 10.7. The molecule has 0 spiro atoms. The summed E-state index contributed by atoms with van der Waals surface area (Å²) in [6.45, 7) is 0. The fourth-order valence-electron chi connectivity index (χ4n) is 1.34. The van der Waals surface area contributed by atoms with Crippen LogP contribution in [0.1, 0.15) is 0 Å². The average molecular weight is 278 g/mol. The Hall–Kier alpha value is -2.26. The van der Waals surface area contributed by atoms with E-state index >= 15 is 0 Å². The first kappa shape index (κ1) is 13.2. The molecule has 0 bridgehead atoms. The Bertz CT molecular complexity index is 551. The standard InChI is InChI=1S/C13H11O5P/c14-13(15)19(16,17-11-7-3-1-4-8-11)18-12-9-5-2-6-10-12/h1-10H,(H,14,15). The van der Waals surface area contributed by atoms with Crippen molar-refractivity contribution in [2.45, 2.75) is 0 Å². The predicted octanol–water partition coefficient (Wildman–Crippen LogP) is 4.02. The molecule has 0 aliphatic rings. The highest BCUT2D eigenvalue weighted by atomic mass is 31.2. The largest absolute Gasteiger partial charge is 0.540 e. The average Bonchev–Trinajstić information content (AvgIpc) is 2.40. The van der Waals surface area contributed by atoms with E-state index in [0.717, 1.165) is 0 Å². The van der Waals surface area contributed by atoms with Crippen LogP contribution in [0.2, 0.25) is 0 Å². The van der Waals surface area contributed by atoms with Crippen LogP contribution in [0.15, 0.2) is 60.7 Å². The van der Waals surface area contributed by atoms with Crippen LogP contribution >= 0.6 is 7.60 Å². The second kappa shape index (κ2) is 5.59. The van der Waals surface area contributed by atoms with Gasteiger partial charge in [0.1, 0.15) is 11.5 Å². The molecule has 0 aliphatic carbocycles. The second-order valence-electron chi connectivity index (χ2n) is 3.59. The molecule has 0 aliphatic heterocycles. The highest BCUT2D eigenvalue weighted by Crippen LogP contribution is 2.48. The molecule has 0 saturated carbocycles. The molecule has 0 fully saturated rings. The molecular weight excluding hydrogens is 267 g/mol. The minimum Gasteiger partial charge on any atom is -0.471 e. The van der Waals surface area contributed by atoms with Crippen molar-refractivity contribution >= 4 is 13.3 Å². The smallest absolute Gasteiger partial charge is 0.471 e. The van der Waals surface area contributed by atoms with Gasteiger partial charge < -0.3 is 14.2 Å².